The lowest BCUT2D eigenvalue weighted by Crippen LogP contribution is -2.35. The van der Waals surface area contributed by atoms with Crippen LogP contribution in [-0.4, -0.2) is 33.7 Å². The lowest BCUT2D eigenvalue weighted by molar-refractivity contribution is -0.121. The summed E-state index contributed by atoms with van der Waals surface area (Å²) in [7, 11) is 1.84. The molecule has 5 nitrogen and oxygen atoms in total. The number of aryl methyl sites for hydroxylation is 2. The van der Waals surface area contributed by atoms with E-state index < -0.39 is 0 Å². The highest BCUT2D eigenvalue weighted by Gasteiger charge is 2.30. The summed E-state index contributed by atoms with van der Waals surface area (Å²) in [6.45, 7) is 3.83. The van der Waals surface area contributed by atoms with E-state index in [1.54, 1.807) is 4.68 Å². The zero-order chi connectivity index (χ0) is 16.4. The summed E-state index contributed by atoms with van der Waals surface area (Å²) in [6.07, 6.45) is 2.28. The first kappa shape index (κ1) is 16.2. The largest absolute Gasteiger partial charge is 0.309 e. The van der Waals surface area contributed by atoms with Gasteiger partial charge in [-0.05, 0) is 50.6 Å². The molecule has 1 aromatic heterocycles. The van der Waals surface area contributed by atoms with Gasteiger partial charge in [-0.2, -0.15) is 5.10 Å². The number of carbonyl (C=O) groups excluding carboxylic acids is 1. The van der Waals surface area contributed by atoms with Crippen LogP contribution < -0.4 is 5.32 Å². The molecule has 2 aromatic rings. The Morgan fingerprint density at radius 3 is 2.65 bits per heavy atom. The van der Waals surface area contributed by atoms with Gasteiger partial charge in [0.25, 0.3) is 0 Å². The van der Waals surface area contributed by atoms with Crippen LogP contribution in [0.2, 0.25) is 0 Å². The molecule has 0 bridgehead atoms. The number of anilines is 1. The number of nitrogens with zero attached hydrogens (tertiary/aromatic N) is 3. The number of hydrogen-bond acceptors (Lipinski definition) is 3. The van der Waals surface area contributed by atoms with Crippen LogP contribution in [0, 0.1) is 6.92 Å². The second kappa shape index (κ2) is 6.84. The van der Waals surface area contributed by atoms with Gasteiger partial charge in [0, 0.05) is 17.6 Å². The number of amides is 1. The highest BCUT2D eigenvalue weighted by Crippen LogP contribution is 2.28. The molecule has 2 heterocycles. The van der Waals surface area contributed by atoms with E-state index in [1.807, 2.05) is 44.3 Å². The van der Waals surface area contributed by atoms with Gasteiger partial charge >= 0.3 is 0 Å². The summed E-state index contributed by atoms with van der Waals surface area (Å²) in [4.78, 5) is 15.2. The van der Waals surface area contributed by atoms with Gasteiger partial charge in [0.15, 0.2) is 0 Å². The summed E-state index contributed by atoms with van der Waals surface area (Å²) < 4.78 is 2.69. The van der Waals surface area contributed by atoms with E-state index >= 15 is 0 Å². The van der Waals surface area contributed by atoms with Crippen LogP contribution in [-0.2, 0) is 11.8 Å². The van der Waals surface area contributed by atoms with Crippen LogP contribution in [0.5, 0.6) is 0 Å². The molecule has 0 radical (unpaired) electrons. The third kappa shape index (κ3) is 3.64. The van der Waals surface area contributed by atoms with Crippen LogP contribution in [0.3, 0.4) is 0 Å². The molecule has 1 amide bonds. The molecule has 23 heavy (non-hydrogen) atoms. The zero-order valence-electron chi connectivity index (χ0n) is 13.4. The number of likely N-dealkylation sites (tertiary alicyclic amines) is 1. The first-order valence-corrected chi connectivity index (χ1v) is 8.65. The fourth-order valence-corrected chi connectivity index (χ4v) is 3.54. The van der Waals surface area contributed by atoms with Crippen molar-refractivity contribution < 1.29 is 4.79 Å². The SMILES string of the molecule is Cc1cc(NC(=O)[C@@H](c2cccc(Br)c2)N2CCCC2)n(C)n1. The monoisotopic (exact) mass is 376 g/mol. The molecule has 1 fully saturated rings. The van der Waals surface area contributed by atoms with Gasteiger partial charge < -0.3 is 5.32 Å². The predicted octanol–water partition coefficient (Wildman–Crippen LogP) is 3.27. The molecule has 122 valence electrons. The molecule has 1 atom stereocenters. The molecule has 1 aliphatic rings. The first-order valence-electron chi connectivity index (χ1n) is 7.85. The number of hydrogen-bond donors (Lipinski definition) is 1. The van der Waals surface area contributed by atoms with Gasteiger partial charge in [-0.25, -0.2) is 0 Å². The van der Waals surface area contributed by atoms with Crippen LogP contribution in [0.25, 0.3) is 0 Å². The van der Waals surface area contributed by atoms with Crippen LogP contribution in [0.4, 0.5) is 5.82 Å². The van der Waals surface area contributed by atoms with Gasteiger partial charge in [-0.15, -0.1) is 0 Å². The smallest absolute Gasteiger partial charge is 0.247 e. The van der Waals surface area contributed by atoms with Crippen molar-refractivity contribution in [2.24, 2.45) is 7.05 Å². The van der Waals surface area contributed by atoms with E-state index in [0.717, 1.165) is 47.5 Å². The Kier molecular flexibility index (Phi) is 4.82. The van der Waals surface area contributed by atoms with Crippen molar-refractivity contribution in [3.05, 3.63) is 46.1 Å². The molecule has 0 spiro atoms. The maximum atomic E-state index is 13.0. The van der Waals surface area contributed by atoms with E-state index in [4.69, 9.17) is 0 Å². The summed E-state index contributed by atoms with van der Waals surface area (Å²) in [5.74, 6) is 0.722. The highest BCUT2D eigenvalue weighted by atomic mass is 79.9. The van der Waals surface area contributed by atoms with E-state index in [0.29, 0.717) is 0 Å². The Morgan fingerprint density at radius 2 is 2.04 bits per heavy atom. The predicted molar refractivity (Wildman–Crippen MR) is 94.3 cm³/mol. The van der Waals surface area contributed by atoms with E-state index in [2.05, 4.69) is 31.2 Å². The molecule has 0 saturated carbocycles. The van der Waals surface area contributed by atoms with Crippen molar-refractivity contribution in [2.75, 3.05) is 18.4 Å². The van der Waals surface area contributed by atoms with Gasteiger partial charge in [-0.3, -0.25) is 14.4 Å². The topological polar surface area (TPSA) is 50.2 Å². The van der Waals surface area contributed by atoms with Crippen LogP contribution in [0.1, 0.15) is 30.1 Å². The standard InChI is InChI=1S/C17H21BrN4O/c1-12-10-15(21(2)20-12)19-17(23)16(22-8-3-4-9-22)13-6-5-7-14(18)11-13/h5-7,10-11,16H,3-4,8-9H2,1-2H3,(H,19,23)/t16-/m1/s1. The molecule has 0 aliphatic carbocycles. The average molecular weight is 377 g/mol. The molecule has 6 heteroatoms. The molecule has 0 unspecified atom stereocenters. The van der Waals surface area contributed by atoms with Crippen molar-refractivity contribution in [1.29, 1.82) is 0 Å². The minimum atomic E-state index is -0.273. The normalized spacial score (nSPS) is 16.5. The quantitative estimate of drug-likeness (QED) is 0.890. The average Bonchev–Trinajstić information content (AvgIpc) is 3.10. The van der Waals surface area contributed by atoms with Gasteiger partial charge in [0.05, 0.1) is 5.69 Å². The Hall–Kier alpha value is -1.66. The molecule has 1 aliphatic heterocycles. The summed E-state index contributed by atoms with van der Waals surface area (Å²) >= 11 is 3.51. The number of halogens is 1. The molecular formula is C17H21BrN4O. The summed E-state index contributed by atoms with van der Waals surface area (Å²) in [5, 5.41) is 7.32. The second-order valence-corrected chi connectivity index (χ2v) is 6.90. The van der Waals surface area contributed by atoms with Gasteiger partial charge in [0.1, 0.15) is 11.9 Å². The number of rotatable bonds is 4. The number of carbonyl (C=O) groups is 1. The Labute approximate surface area is 144 Å². The van der Waals surface area contributed by atoms with Crippen LogP contribution >= 0.6 is 15.9 Å². The molecule has 1 N–H and O–H groups in total. The van der Waals surface area contributed by atoms with Crippen molar-refractivity contribution in [1.82, 2.24) is 14.7 Å². The van der Waals surface area contributed by atoms with Crippen molar-refractivity contribution in [3.8, 4) is 0 Å². The van der Waals surface area contributed by atoms with E-state index in [1.165, 1.54) is 0 Å². The fraction of sp³-hybridized carbons (Fsp3) is 0.412. The first-order chi connectivity index (χ1) is 11.0. The highest BCUT2D eigenvalue weighted by molar-refractivity contribution is 9.10. The third-order valence-corrected chi connectivity index (χ3v) is 4.67. The molecule has 1 saturated heterocycles. The zero-order valence-corrected chi connectivity index (χ0v) is 15.0. The lowest BCUT2D eigenvalue weighted by Gasteiger charge is -2.27. The van der Waals surface area contributed by atoms with Crippen molar-refractivity contribution >= 4 is 27.7 Å². The van der Waals surface area contributed by atoms with Crippen molar-refractivity contribution in [2.45, 2.75) is 25.8 Å². The molecule has 3 rings (SSSR count). The summed E-state index contributed by atoms with van der Waals surface area (Å²) in [6, 6.07) is 9.61. The lowest BCUT2D eigenvalue weighted by atomic mass is 10.0. The fourth-order valence-electron chi connectivity index (χ4n) is 3.13. The van der Waals surface area contributed by atoms with Gasteiger partial charge in [0.2, 0.25) is 5.91 Å². The maximum absolute atomic E-state index is 13.0. The Balaban J connectivity index is 1.88. The van der Waals surface area contributed by atoms with Crippen LogP contribution in [0.15, 0.2) is 34.8 Å². The Morgan fingerprint density at radius 1 is 1.30 bits per heavy atom. The molecule has 1 aromatic carbocycles. The number of benzene rings is 1. The maximum Gasteiger partial charge on any atom is 0.247 e. The minimum absolute atomic E-state index is 0.00648. The van der Waals surface area contributed by atoms with E-state index in [-0.39, 0.29) is 11.9 Å². The Bertz CT molecular complexity index is 706. The third-order valence-electron chi connectivity index (χ3n) is 4.17. The second-order valence-electron chi connectivity index (χ2n) is 5.98. The summed E-state index contributed by atoms with van der Waals surface area (Å²) in [5.41, 5.74) is 1.90. The number of aromatic nitrogens is 2. The number of nitrogens with one attached hydrogen (secondary N) is 1. The van der Waals surface area contributed by atoms with Crippen molar-refractivity contribution in [3.63, 3.8) is 0 Å². The molecular weight excluding hydrogens is 356 g/mol. The van der Waals surface area contributed by atoms with E-state index in [9.17, 15) is 4.79 Å². The minimum Gasteiger partial charge on any atom is -0.309 e. The van der Waals surface area contributed by atoms with Gasteiger partial charge in [-0.1, -0.05) is 28.1 Å².